The maximum absolute atomic E-state index is 11.9. The van der Waals surface area contributed by atoms with E-state index in [1.54, 1.807) is 32.2 Å². The van der Waals surface area contributed by atoms with Gasteiger partial charge in [0.1, 0.15) is 0 Å². The summed E-state index contributed by atoms with van der Waals surface area (Å²) in [6.07, 6.45) is 0.472. The van der Waals surface area contributed by atoms with Crippen molar-refractivity contribution in [2.45, 2.75) is 18.9 Å². The molecule has 1 atom stereocenters. The van der Waals surface area contributed by atoms with Crippen LogP contribution in [0.1, 0.15) is 23.7 Å². The van der Waals surface area contributed by atoms with Gasteiger partial charge in [-0.05, 0) is 35.0 Å². The summed E-state index contributed by atoms with van der Waals surface area (Å²) in [6.45, 7) is 2.32. The summed E-state index contributed by atoms with van der Waals surface area (Å²) >= 11 is 3.32. The quantitative estimate of drug-likeness (QED) is 0.843. The molecule has 0 aliphatic heterocycles. The molecule has 0 spiro atoms. The highest BCUT2D eigenvalue weighted by Crippen LogP contribution is 2.16. The Morgan fingerprint density at radius 1 is 1.50 bits per heavy atom. The molecule has 100 valence electrons. The van der Waals surface area contributed by atoms with Crippen molar-refractivity contribution >= 4 is 21.8 Å². The molecule has 1 aromatic carbocycles. The van der Waals surface area contributed by atoms with Gasteiger partial charge in [0.25, 0.3) is 5.91 Å². The van der Waals surface area contributed by atoms with Crippen molar-refractivity contribution in [2.24, 2.45) is 0 Å². The van der Waals surface area contributed by atoms with E-state index in [1.807, 2.05) is 6.07 Å². The number of methoxy groups -OCH3 is 1. The Bertz CT molecular complexity index is 407. The van der Waals surface area contributed by atoms with Gasteiger partial charge < -0.3 is 15.2 Å². The number of aliphatic hydroxyl groups is 1. The fourth-order valence-corrected chi connectivity index (χ4v) is 1.89. The second-order valence-corrected chi connectivity index (χ2v) is 5.26. The van der Waals surface area contributed by atoms with Gasteiger partial charge in [-0.15, -0.1) is 0 Å². The molecule has 0 aliphatic carbocycles. The normalized spacial score (nSPS) is 14.0. The van der Waals surface area contributed by atoms with Crippen molar-refractivity contribution in [1.82, 2.24) is 5.32 Å². The van der Waals surface area contributed by atoms with E-state index < -0.39 is 5.60 Å². The number of nitrogens with one attached hydrogen (secondary N) is 1. The Hall–Kier alpha value is -0.910. The van der Waals surface area contributed by atoms with Gasteiger partial charge in [-0.1, -0.05) is 12.1 Å². The molecular weight excluding hydrogens is 298 g/mol. The van der Waals surface area contributed by atoms with Crippen LogP contribution in [-0.4, -0.2) is 36.9 Å². The van der Waals surface area contributed by atoms with Gasteiger partial charge in [0.2, 0.25) is 0 Å². The number of hydrogen-bond acceptors (Lipinski definition) is 3. The van der Waals surface area contributed by atoms with Crippen molar-refractivity contribution < 1.29 is 14.6 Å². The highest BCUT2D eigenvalue weighted by Gasteiger charge is 2.21. The van der Waals surface area contributed by atoms with E-state index in [4.69, 9.17) is 4.74 Å². The van der Waals surface area contributed by atoms with E-state index in [1.165, 1.54) is 0 Å². The van der Waals surface area contributed by atoms with Crippen LogP contribution >= 0.6 is 15.9 Å². The van der Waals surface area contributed by atoms with Gasteiger partial charge in [-0.25, -0.2) is 0 Å². The van der Waals surface area contributed by atoms with Crippen LogP contribution in [0.4, 0.5) is 0 Å². The first-order valence-corrected chi connectivity index (χ1v) is 6.49. The summed E-state index contributed by atoms with van der Waals surface area (Å²) in [6, 6.07) is 7.17. The molecule has 0 aromatic heterocycles. The van der Waals surface area contributed by atoms with Crippen LogP contribution in [0.3, 0.4) is 0 Å². The minimum Gasteiger partial charge on any atom is -0.388 e. The molecule has 0 bridgehead atoms. The fraction of sp³-hybridized carbons (Fsp3) is 0.462. The highest BCUT2D eigenvalue weighted by atomic mass is 79.9. The lowest BCUT2D eigenvalue weighted by Gasteiger charge is -2.23. The predicted molar refractivity (Wildman–Crippen MR) is 73.6 cm³/mol. The maximum atomic E-state index is 11.9. The zero-order valence-electron chi connectivity index (χ0n) is 10.6. The molecule has 0 saturated carbocycles. The average Bonchev–Trinajstić information content (AvgIpc) is 2.34. The molecule has 0 fully saturated rings. The minimum atomic E-state index is -0.965. The molecular formula is C13H18BrNO3. The van der Waals surface area contributed by atoms with Crippen LogP contribution in [0.5, 0.6) is 0 Å². The Kier molecular flexibility index (Phi) is 5.78. The number of ether oxygens (including phenoxy) is 1. The van der Waals surface area contributed by atoms with E-state index in [0.29, 0.717) is 18.6 Å². The number of carbonyl (C=O) groups excluding carboxylic acids is 1. The summed E-state index contributed by atoms with van der Waals surface area (Å²) < 4.78 is 5.64. The first-order valence-electron chi connectivity index (χ1n) is 5.70. The molecule has 0 aliphatic rings. The predicted octanol–water partition coefficient (Wildman–Crippen LogP) is 1.97. The molecule has 1 unspecified atom stereocenters. The Morgan fingerprint density at radius 3 is 2.78 bits per heavy atom. The van der Waals surface area contributed by atoms with Crippen molar-refractivity contribution in [3.8, 4) is 0 Å². The lowest BCUT2D eigenvalue weighted by Crippen LogP contribution is -2.41. The third-order valence-electron chi connectivity index (χ3n) is 2.59. The van der Waals surface area contributed by atoms with Crippen LogP contribution in [-0.2, 0) is 4.74 Å². The maximum Gasteiger partial charge on any atom is 0.252 e. The molecule has 1 amide bonds. The van der Waals surface area contributed by atoms with Crippen LogP contribution in [0.15, 0.2) is 28.7 Å². The third kappa shape index (κ3) is 4.76. The van der Waals surface area contributed by atoms with Gasteiger partial charge in [-0.3, -0.25) is 4.79 Å². The van der Waals surface area contributed by atoms with Gasteiger partial charge in [-0.2, -0.15) is 0 Å². The Balaban J connectivity index is 2.54. The lowest BCUT2D eigenvalue weighted by atomic mass is 10.0. The van der Waals surface area contributed by atoms with Gasteiger partial charge in [0, 0.05) is 31.2 Å². The molecule has 1 rings (SSSR count). The summed E-state index contributed by atoms with van der Waals surface area (Å²) in [5.41, 5.74) is -0.410. The van der Waals surface area contributed by atoms with E-state index >= 15 is 0 Å². The topological polar surface area (TPSA) is 58.6 Å². The zero-order valence-corrected chi connectivity index (χ0v) is 12.2. The zero-order chi connectivity index (χ0) is 13.6. The van der Waals surface area contributed by atoms with Crippen LogP contribution in [0, 0.1) is 0 Å². The van der Waals surface area contributed by atoms with Crippen LogP contribution in [0.2, 0.25) is 0 Å². The van der Waals surface area contributed by atoms with Crippen LogP contribution in [0.25, 0.3) is 0 Å². The third-order valence-corrected chi connectivity index (χ3v) is 3.28. The van der Waals surface area contributed by atoms with Crippen molar-refractivity contribution in [1.29, 1.82) is 0 Å². The summed E-state index contributed by atoms with van der Waals surface area (Å²) in [5.74, 6) is -0.208. The number of hydrogen-bond donors (Lipinski definition) is 2. The first kappa shape index (κ1) is 15.1. The minimum absolute atomic E-state index is 0.191. The van der Waals surface area contributed by atoms with Gasteiger partial charge in [0.15, 0.2) is 0 Å². The molecule has 18 heavy (non-hydrogen) atoms. The van der Waals surface area contributed by atoms with Crippen molar-refractivity contribution in [2.75, 3.05) is 20.3 Å². The van der Waals surface area contributed by atoms with E-state index in [2.05, 4.69) is 21.2 Å². The lowest BCUT2D eigenvalue weighted by molar-refractivity contribution is 0.0243. The SMILES string of the molecule is COCCC(C)(O)CNC(=O)c1ccccc1Br. The summed E-state index contributed by atoms with van der Waals surface area (Å²) in [7, 11) is 1.58. The fourth-order valence-electron chi connectivity index (χ4n) is 1.42. The Morgan fingerprint density at radius 2 is 2.17 bits per heavy atom. The number of halogens is 1. The molecule has 0 saturated heterocycles. The second-order valence-electron chi connectivity index (χ2n) is 4.40. The molecule has 0 radical (unpaired) electrons. The summed E-state index contributed by atoms with van der Waals surface area (Å²) in [4.78, 5) is 11.9. The van der Waals surface area contributed by atoms with Crippen LogP contribution < -0.4 is 5.32 Å². The largest absolute Gasteiger partial charge is 0.388 e. The summed E-state index contributed by atoms with van der Waals surface area (Å²) in [5, 5.41) is 12.7. The molecule has 1 aromatic rings. The van der Waals surface area contributed by atoms with E-state index in [0.717, 1.165) is 4.47 Å². The van der Waals surface area contributed by atoms with Gasteiger partial charge >= 0.3 is 0 Å². The van der Waals surface area contributed by atoms with E-state index in [-0.39, 0.29) is 12.5 Å². The molecule has 2 N–H and O–H groups in total. The standard InChI is InChI=1S/C13H18BrNO3/c1-13(17,7-8-18-2)9-15-12(16)10-5-3-4-6-11(10)14/h3-6,17H,7-9H2,1-2H3,(H,15,16). The second kappa shape index (κ2) is 6.87. The average molecular weight is 316 g/mol. The van der Waals surface area contributed by atoms with Gasteiger partial charge in [0.05, 0.1) is 11.2 Å². The first-order chi connectivity index (χ1) is 8.46. The molecule has 5 heteroatoms. The van der Waals surface area contributed by atoms with E-state index in [9.17, 15) is 9.90 Å². The highest BCUT2D eigenvalue weighted by molar-refractivity contribution is 9.10. The number of carbonyl (C=O) groups is 1. The smallest absolute Gasteiger partial charge is 0.252 e. The van der Waals surface area contributed by atoms with Crippen molar-refractivity contribution in [3.05, 3.63) is 34.3 Å². The molecule has 0 heterocycles. The monoisotopic (exact) mass is 315 g/mol. The Labute approximate surface area is 115 Å². The number of rotatable bonds is 6. The number of amides is 1. The number of benzene rings is 1. The van der Waals surface area contributed by atoms with Crippen molar-refractivity contribution in [3.63, 3.8) is 0 Å². The molecule has 4 nitrogen and oxygen atoms in total.